The minimum atomic E-state index is -0.629. The maximum absolute atomic E-state index is 12.8. The van der Waals surface area contributed by atoms with Gasteiger partial charge in [-0.15, -0.1) is 0 Å². The van der Waals surface area contributed by atoms with E-state index < -0.39 is 11.9 Å². The summed E-state index contributed by atoms with van der Waals surface area (Å²) in [6.07, 6.45) is 1.75. The molecule has 0 atom stereocenters. The Hall–Kier alpha value is -2.30. The summed E-state index contributed by atoms with van der Waals surface area (Å²) in [6, 6.07) is 12.0. The lowest BCUT2D eigenvalue weighted by atomic mass is 10.1. The Morgan fingerprint density at radius 1 is 1.09 bits per heavy atom. The number of carbonyl (C=O) groups excluding carboxylic acids is 2. The van der Waals surface area contributed by atoms with Crippen LogP contribution in [0.25, 0.3) is 6.08 Å². The minimum Gasteiger partial charge on any atom is -0.378 e. The molecule has 166 valence electrons. The molecule has 2 heterocycles. The molecule has 0 spiro atoms. The molecule has 2 fully saturated rings. The van der Waals surface area contributed by atoms with E-state index >= 15 is 0 Å². The first-order chi connectivity index (χ1) is 15.4. The topological polar surface area (TPSA) is 73.9 Å². The van der Waals surface area contributed by atoms with Crippen LogP contribution in [-0.4, -0.2) is 47.6 Å². The van der Waals surface area contributed by atoms with E-state index in [1.165, 1.54) is 6.07 Å². The van der Waals surface area contributed by atoms with E-state index in [0.717, 1.165) is 54.3 Å². The fourth-order valence-corrected chi connectivity index (χ4v) is 4.63. The van der Waals surface area contributed by atoms with Crippen molar-refractivity contribution in [3.63, 3.8) is 0 Å². The number of thiocarbonyl (C=S) groups is 1. The second-order valence-electron chi connectivity index (χ2n) is 6.90. The lowest BCUT2D eigenvalue weighted by Gasteiger charge is -2.28. The van der Waals surface area contributed by atoms with Crippen LogP contribution in [0.1, 0.15) is 5.56 Å². The predicted molar refractivity (Wildman–Crippen MR) is 133 cm³/mol. The molecule has 2 aromatic carbocycles. The molecule has 2 saturated heterocycles. The van der Waals surface area contributed by atoms with Gasteiger partial charge in [-0.2, -0.15) is 5.01 Å². The van der Waals surface area contributed by atoms with Gasteiger partial charge >= 0.3 is 6.03 Å². The Morgan fingerprint density at radius 2 is 1.81 bits per heavy atom. The monoisotopic (exact) mass is 508 g/mol. The number of amides is 3. The summed E-state index contributed by atoms with van der Waals surface area (Å²) in [5.74, 6) is -0.401. The molecule has 0 unspecified atom stereocenters. The lowest BCUT2D eigenvalue weighted by molar-refractivity contribution is -0.123. The van der Waals surface area contributed by atoms with Crippen LogP contribution < -0.4 is 15.6 Å². The van der Waals surface area contributed by atoms with Crippen LogP contribution in [0.2, 0.25) is 10.0 Å². The molecule has 0 aromatic heterocycles. The Kier molecular flexibility index (Phi) is 7.22. The highest BCUT2D eigenvalue weighted by molar-refractivity contribution is 8.26. The van der Waals surface area contributed by atoms with E-state index in [2.05, 4.69) is 15.6 Å². The highest BCUT2D eigenvalue weighted by Crippen LogP contribution is 2.32. The highest BCUT2D eigenvalue weighted by Gasteiger charge is 2.33. The maximum Gasteiger partial charge on any atom is 0.338 e. The standard InChI is InChI=1S/C21H18Cl2N4O3S2/c22-16-6-3-14(12-17(16)23)24-20(29)25-27-19(28)18(32-21(27)31)11-13-1-4-15(5-2-13)26-7-9-30-10-8-26/h1-6,11-12H,7-10H2,(H2,24,25,29)/b18-11+. The Morgan fingerprint density at radius 3 is 2.50 bits per heavy atom. The molecule has 0 bridgehead atoms. The van der Waals surface area contributed by atoms with Crippen molar-refractivity contribution in [3.8, 4) is 0 Å². The molecule has 2 N–H and O–H groups in total. The third kappa shape index (κ3) is 5.36. The van der Waals surface area contributed by atoms with Gasteiger partial charge in [-0.1, -0.05) is 47.1 Å². The van der Waals surface area contributed by atoms with E-state index in [9.17, 15) is 9.59 Å². The van der Waals surface area contributed by atoms with Crippen molar-refractivity contribution in [2.24, 2.45) is 0 Å². The van der Waals surface area contributed by atoms with Gasteiger partial charge in [-0.05, 0) is 54.2 Å². The zero-order valence-electron chi connectivity index (χ0n) is 16.6. The summed E-state index contributed by atoms with van der Waals surface area (Å²) in [5.41, 5.74) is 4.87. The largest absolute Gasteiger partial charge is 0.378 e. The van der Waals surface area contributed by atoms with Gasteiger partial charge in [0.05, 0.1) is 28.2 Å². The molecule has 0 saturated carbocycles. The fourth-order valence-electron chi connectivity index (χ4n) is 3.15. The number of thioether (sulfide) groups is 1. The van der Waals surface area contributed by atoms with Crippen LogP contribution in [0.3, 0.4) is 0 Å². The van der Waals surface area contributed by atoms with Crippen LogP contribution in [0.15, 0.2) is 47.4 Å². The number of benzene rings is 2. The lowest BCUT2D eigenvalue weighted by Crippen LogP contribution is -2.46. The molecule has 3 amide bonds. The Bertz CT molecular complexity index is 1090. The van der Waals surface area contributed by atoms with Crippen LogP contribution in [0.4, 0.5) is 16.2 Å². The van der Waals surface area contributed by atoms with E-state index in [0.29, 0.717) is 20.6 Å². The predicted octanol–water partition coefficient (Wildman–Crippen LogP) is 4.77. The molecular formula is C21H18Cl2N4O3S2. The number of hydrogen-bond acceptors (Lipinski definition) is 6. The van der Waals surface area contributed by atoms with Gasteiger partial charge in [-0.3, -0.25) is 4.79 Å². The number of urea groups is 1. The quantitative estimate of drug-likeness (QED) is 0.457. The molecule has 2 aliphatic heterocycles. The molecular weight excluding hydrogens is 491 g/mol. The number of nitrogens with zero attached hydrogens (tertiary/aromatic N) is 2. The maximum atomic E-state index is 12.8. The minimum absolute atomic E-state index is 0.232. The van der Waals surface area contributed by atoms with Gasteiger partial charge in [0.1, 0.15) is 0 Å². The second-order valence-corrected chi connectivity index (χ2v) is 9.39. The Labute approximate surface area is 204 Å². The molecule has 32 heavy (non-hydrogen) atoms. The van der Waals surface area contributed by atoms with Gasteiger partial charge < -0.3 is 15.0 Å². The number of morpholine rings is 1. The van der Waals surface area contributed by atoms with Crippen molar-refractivity contribution in [3.05, 3.63) is 63.0 Å². The zero-order chi connectivity index (χ0) is 22.7. The average molecular weight is 509 g/mol. The summed E-state index contributed by atoms with van der Waals surface area (Å²) >= 11 is 18.2. The van der Waals surface area contributed by atoms with Gasteiger partial charge in [0, 0.05) is 24.5 Å². The number of halogens is 2. The molecule has 0 aliphatic carbocycles. The highest BCUT2D eigenvalue weighted by atomic mass is 35.5. The summed E-state index contributed by atoms with van der Waals surface area (Å²) in [4.78, 5) is 27.8. The van der Waals surface area contributed by atoms with Crippen LogP contribution in [0.5, 0.6) is 0 Å². The molecule has 2 aromatic rings. The van der Waals surface area contributed by atoms with Crippen molar-refractivity contribution < 1.29 is 14.3 Å². The molecule has 2 aliphatic rings. The SMILES string of the molecule is O=C(Nc1ccc(Cl)c(Cl)c1)NN1C(=O)/C(=C\c2ccc(N3CCOCC3)cc2)SC1=S. The number of carbonyl (C=O) groups is 2. The molecule has 7 nitrogen and oxygen atoms in total. The van der Waals surface area contributed by atoms with E-state index in [4.69, 9.17) is 40.2 Å². The van der Waals surface area contributed by atoms with Crippen molar-refractivity contribution in [1.29, 1.82) is 0 Å². The third-order valence-electron chi connectivity index (χ3n) is 4.75. The van der Waals surface area contributed by atoms with Crippen molar-refractivity contribution >= 4 is 80.9 Å². The van der Waals surface area contributed by atoms with E-state index in [1.54, 1.807) is 18.2 Å². The average Bonchev–Trinajstić information content (AvgIpc) is 3.04. The first-order valence-electron chi connectivity index (χ1n) is 9.64. The summed E-state index contributed by atoms with van der Waals surface area (Å²) in [6.45, 7) is 3.15. The number of anilines is 2. The van der Waals surface area contributed by atoms with Crippen molar-refractivity contribution in [2.45, 2.75) is 0 Å². The van der Waals surface area contributed by atoms with Crippen molar-refractivity contribution in [1.82, 2.24) is 10.4 Å². The van der Waals surface area contributed by atoms with Crippen molar-refractivity contribution in [2.75, 3.05) is 36.5 Å². The van der Waals surface area contributed by atoms with Crippen LogP contribution in [0, 0.1) is 0 Å². The van der Waals surface area contributed by atoms with E-state index in [1.807, 2.05) is 24.3 Å². The van der Waals surface area contributed by atoms with Gasteiger partial charge in [0.15, 0.2) is 4.32 Å². The molecule has 4 rings (SSSR count). The van der Waals surface area contributed by atoms with Gasteiger partial charge in [-0.25, -0.2) is 10.2 Å². The number of nitrogens with one attached hydrogen (secondary N) is 2. The molecule has 11 heteroatoms. The third-order valence-corrected chi connectivity index (χ3v) is 6.79. The van der Waals surface area contributed by atoms with Crippen LogP contribution >= 0.6 is 47.2 Å². The smallest absolute Gasteiger partial charge is 0.338 e. The summed E-state index contributed by atoms with van der Waals surface area (Å²) in [7, 11) is 0. The first kappa shape index (κ1) is 22.9. The van der Waals surface area contributed by atoms with E-state index in [-0.39, 0.29) is 4.32 Å². The number of rotatable bonds is 4. The summed E-state index contributed by atoms with van der Waals surface area (Å²) in [5, 5.41) is 4.31. The van der Waals surface area contributed by atoms with Gasteiger partial charge in [0.2, 0.25) is 0 Å². The fraction of sp³-hybridized carbons (Fsp3) is 0.190. The number of hydrogen-bond donors (Lipinski definition) is 2. The molecule has 0 radical (unpaired) electrons. The normalized spacial score (nSPS) is 17.8. The second kappa shape index (κ2) is 10.1. The number of hydrazine groups is 1. The first-order valence-corrected chi connectivity index (χ1v) is 11.6. The van der Waals surface area contributed by atoms with Crippen LogP contribution in [-0.2, 0) is 9.53 Å². The zero-order valence-corrected chi connectivity index (χ0v) is 19.8. The van der Waals surface area contributed by atoms with Gasteiger partial charge in [0.25, 0.3) is 5.91 Å². The number of ether oxygens (including phenoxy) is 1. The Balaban J connectivity index is 1.40. The summed E-state index contributed by atoms with van der Waals surface area (Å²) < 4.78 is 5.61.